The van der Waals surface area contributed by atoms with Gasteiger partial charge in [-0.25, -0.2) is 0 Å². The number of ketones is 1. The Hall–Kier alpha value is -1.56. The summed E-state index contributed by atoms with van der Waals surface area (Å²) in [5.41, 5.74) is 2.44. The highest BCUT2D eigenvalue weighted by molar-refractivity contribution is 8.03. The molecular formula is C27H36N2O2S. The number of rotatable bonds is 6. The Morgan fingerprint density at radius 3 is 2.72 bits per heavy atom. The number of aliphatic hydroxyl groups is 1. The van der Waals surface area contributed by atoms with E-state index in [1.807, 2.05) is 11.8 Å². The fourth-order valence-electron chi connectivity index (χ4n) is 6.18. The van der Waals surface area contributed by atoms with Gasteiger partial charge in [-0.15, -0.1) is 0 Å². The normalized spacial score (nSPS) is 27.4. The van der Waals surface area contributed by atoms with Crippen LogP contribution in [0.3, 0.4) is 0 Å². The predicted octanol–water partition coefficient (Wildman–Crippen LogP) is 4.64. The fourth-order valence-corrected chi connectivity index (χ4v) is 7.43. The molecule has 172 valence electrons. The molecule has 0 spiro atoms. The molecule has 2 fully saturated rings. The second kappa shape index (κ2) is 9.74. The van der Waals surface area contributed by atoms with Crippen LogP contribution < -0.4 is 0 Å². The number of benzene rings is 1. The largest absolute Gasteiger partial charge is 0.390 e. The fraction of sp³-hybridized carbons (Fsp3) is 0.593. The number of carbonyl (C=O) groups excluding carboxylic acids is 1. The standard InChI is InChI=1S/C27H36N2O2S/c1-19(30)24-18-29(25-8-4-3-7-23(24)25)17-22(31)16-28-14-12-21(13-15-28)27-11-10-20-6-2-5-9-26(20)32-27/h2,5-6,9,11,18,21-23,25,31H,3-4,7-8,10,12-17H2,1H3. The summed E-state index contributed by atoms with van der Waals surface area (Å²) in [7, 11) is 0. The SMILES string of the molecule is CC(=O)C1=CN(CC(O)CN2CCC(C3=CCc4ccccc4S3)CC2)C2CCCCC12. The van der Waals surface area contributed by atoms with Crippen LogP contribution in [0.2, 0.25) is 0 Å². The van der Waals surface area contributed by atoms with E-state index in [0.717, 1.165) is 44.5 Å². The Morgan fingerprint density at radius 1 is 1.12 bits per heavy atom. The zero-order valence-electron chi connectivity index (χ0n) is 19.2. The van der Waals surface area contributed by atoms with Crippen LogP contribution in [0.15, 0.2) is 51.9 Å². The number of hydrogen-bond acceptors (Lipinski definition) is 5. The first-order valence-corrected chi connectivity index (χ1v) is 13.2. The average molecular weight is 453 g/mol. The quantitative estimate of drug-likeness (QED) is 0.681. The Morgan fingerprint density at radius 2 is 1.91 bits per heavy atom. The predicted molar refractivity (Wildman–Crippen MR) is 130 cm³/mol. The summed E-state index contributed by atoms with van der Waals surface area (Å²) in [6, 6.07) is 9.18. The minimum atomic E-state index is -0.369. The minimum absolute atomic E-state index is 0.207. The lowest BCUT2D eigenvalue weighted by molar-refractivity contribution is -0.114. The number of fused-ring (bicyclic) bond motifs is 2. The van der Waals surface area contributed by atoms with Gasteiger partial charge < -0.3 is 14.9 Å². The number of hydrogen-bond donors (Lipinski definition) is 1. The molecule has 32 heavy (non-hydrogen) atoms. The van der Waals surface area contributed by atoms with E-state index in [1.54, 1.807) is 11.8 Å². The molecule has 0 radical (unpaired) electrons. The number of likely N-dealkylation sites (tertiary alicyclic amines) is 1. The lowest BCUT2D eigenvalue weighted by Gasteiger charge is -2.37. The van der Waals surface area contributed by atoms with Crippen molar-refractivity contribution in [2.45, 2.75) is 68.9 Å². The van der Waals surface area contributed by atoms with Gasteiger partial charge in [-0.05, 0) is 74.6 Å². The summed E-state index contributed by atoms with van der Waals surface area (Å²) in [6.45, 7) is 5.19. The van der Waals surface area contributed by atoms with Crippen molar-refractivity contribution < 1.29 is 9.90 Å². The lowest BCUT2D eigenvalue weighted by atomic mass is 9.81. The van der Waals surface area contributed by atoms with Gasteiger partial charge in [0.2, 0.25) is 0 Å². The molecule has 1 N–H and O–H groups in total. The van der Waals surface area contributed by atoms with Crippen molar-refractivity contribution in [3.05, 3.63) is 52.6 Å². The molecule has 1 aromatic rings. The minimum Gasteiger partial charge on any atom is -0.390 e. The molecular weight excluding hydrogens is 416 g/mol. The van der Waals surface area contributed by atoms with E-state index in [4.69, 9.17) is 0 Å². The van der Waals surface area contributed by atoms with E-state index in [9.17, 15) is 9.90 Å². The van der Waals surface area contributed by atoms with Crippen LogP contribution in [0.1, 0.15) is 51.0 Å². The number of Topliss-reactive ketones (excluding diaryl/α,β-unsaturated/α-hetero) is 1. The van der Waals surface area contributed by atoms with E-state index in [0.29, 0.717) is 24.4 Å². The van der Waals surface area contributed by atoms with Crippen LogP contribution in [0.4, 0.5) is 0 Å². The lowest BCUT2D eigenvalue weighted by Crippen LogP contribution is -2.45. The van der Waals surface area contributed by atoms with Crippen LogP contribution in [-0.2, 0) is 11.2 Å². The molecule has 3 unspecified atom stereocenters. The maximum absolute atomic E-state index is 12.1. The Bertz CT molecular complexity index is 903. The summed E-state index contributed by atoms with van der Waals surface area (Å²) < 4.78 is 0. The highest BCUT2D eigenvalue weighted by atomic mass is 32.2. The van der Waals surface area contributed by atoms with Gasteiger partial charge in [0.1, 0.15) is 0 Å². The highest BCUT2D eigenvalue weighted by Crippen LogP contribution is 2.42. The summed E-state index contributed by atoms with van der Waals surface area (Å²) in [6.07, 6.45) is 12.3. The van der Waals surface area contributed by atoms with Gasteiger partial charge in [-0.3, -0.25) is 4.79 Å². The number of aliphatic hydroxyl groups excluding tert-OH is 1. The van der Waals surface area contributed by atoms with Crippen LogP contribution in [-0.4, -0.2) is 59.0 Å². The molecule has 5 heteroatoms. The summed E-state index contributed by atoms with van der Waals surface area (Å²) in [4.78, 5) is 19.8. The summed E-state index contributed by atoms with van der Waals surface area (Å²) in [5.74, 6) is 1.25. The molecule has 0 amide bonds. The van der Waals surface area contributed by atoms with Crippen LogP contribution >= 0.6 is 11.8 Å². The van der Waals surface area contributed by atoms with Crippen LogP contribution in [0, 0.1) is 11.8 Å². The van der Waals surface area contributed by atoms with Gasteiger partial charge in [0.15, 0.2) is 5.78 Å². The number of thioether (sulfide) groups is 1. The third-order valence-corrected chi connectivity index (χ3v) is 9.22. The Kier molecular flexibility index (Phi) is 6.77. The number of nitrogens with zero attached hydrogens (tertiary/aromatic N) is 2. The van der Waals surface area contributed by atoms with Crippen molar-refractivity contribution >= 4 is 17.5 Å². The molecule has 1 saturated carbocycles. The third kappa shape index (κ3) is 4.71. The molecule has 3 aliphatic heterocycles. The number of piperidine rings is 1. The average Bonchev–Trinajstić information content (AvgIpc) is 3.18. The molecule has 1 aromatic carbocycles. The number of carbonyl (C=O) groups is 1. The van der Waals surface area contributed by atoms with Crippen molar-refractivity contribution in [2.24, 2.45) is 11.8 Å². The zero-order chi connectivity index (χ0) is 22.1. The summed E-state index contributed by atoms with van der Waals surface area (Å²) >= 11 is 1.97. The van der Waals surface area contributed by atoms with Gasteiger partial charge in [0.25, 0.3) is 0 Å². The molecule has 3 atom stereocenters. The van der Waals surface area contributed by atoms with Crippen molar-refractivity contribution in [3.8, 4) is 0 Å². The smallest absolute Gasteiger partial charge is 0.157 e. The summed E-state index contributed by atoms with van der Waals surface area (Å²) in [5, 5.41) is 10.9. The molecule has 0 aromatic heterocycles. The molecule has 4 nitrogen and oxygen atoms in total. The number of β-amino-alcohol motifs (C(OH)–C–C–N with tert-alkyl or cyclic N) is 1. The van der Waals surface area contributed by atoms with Crippen LogP contribution in [0.25, 0.3) is 0 Å². The van der Waals surface area contributed by atoms with Crippen molar-refractivity contribution in [1.82, 2.24) is 9.80 Å². The maximum Gasteiger partial charge on any atom is 0.157 e. The van der Waals surface area contributed by atoms with Gasteiger partial charge >= 0.3 is 0 Å². The number of allylic oxidation sites excluding steroid dienone is 2. The molecule has 1 aliphatic carbocycles. The third-order valence-electron chi connectivity index (χ3n) is 7.87. The van der Waals surface area contributed by atoms with E-state index in [-0.39, 0.29) is 11.9 Å². The maximum atomic E-state index is 12.1. The topological polar surface area (TPSA) is 43.8 Å². The first kappa shape index (κ1) is 22.2. The molecule has 3 heterocycles. The van der Waals surface area contributed by atoms with Crippen molar-refractivity contribution in [2.75, 3.05) is 26.2 Å². The second-order valence-electron chi connectivity index (χ2n) is 10.0. The Balaban J connectivity index is 1.12. The Labute approximate surface area is 196 Å². The second-order valence-corrected chi connectivity index (χ2v) is 11.2. The van der Waals surface area contributed by atoms with E-state index in [2.05, 4.69) is 46.3 Å². The molecule has 0 bridgehead atoms. The van der Waals surface area contributed by atoms with Crippen molar-refractivity contribution in [1.29, 1.82) is 0 Å². The van der Waals surface area contributed by atoms with Gasteiger partial charge in [-0.2, -0.15) is 0 Å². The zero-order valence-corrected chi connectivity index (χ0v) is 20.0. The van der Waals surface area contributed by atoms with E-state index in [1.165, 1.54) is 36.1 Å². The van der Waals surface area contributed by atoms with Crippen LogP contribution in [0.5, 0.6) is 0 Å². The molecule has 4 aliphatic rings. The van der Waals surface area contributed by atoms with E-state index < -0.39 is 0 Å². The van der Waals surface area contributed by atoms with Gasteiger partial charge in [0.05, 0.1) is 6.10 Å². The first-order chi connectivity index (χ1) is 15.6. The van der Waals surface area contributed by atoms with E-state index >= 15 is 0 Å². The monoisotopic (exact) mass is 452 g/mol. The molecule has 5 rings (SSSR count). The molecule has 1 saturated heterocycles. The van der Waals surface area contributed by atoms with Gasteiger partial charge in [0, 0.05) is 41.7 Å². The first-order valence-electron chi connectivity index (χ1n) is 12.4. The highest BCUT2D eigenvalue weighted by Gasteiger charge is 2.39. The van der Waals surface area contributed by atoms with Gasteiger partial charge in [-0.1, -0.05) is 48.9 Å². The van der Waals surface area contributed by atoms with Crippen molar-refractivity contribution in [3.63, 3.8) is 0 Å².